The molecule has 0 rings (SSSR count). The summed E-state index contributed by atoms with van der Waals surface area (Å²) in [6.07, 6.45) is 35.6. The summed E-state index contributed by atoms with van der Waals surface area (Å²) in [5, 5.41) is 0. The Bertz CT molecular complexity index is 269. The maximum Gasteiger partial charge on any atom is -0.0443 e. The molecular formula is C29H58. The van der Waals surface area contributed by atoms with Crippen LogP contribution < -0.4 is 0 Å². The van der Waals surface area contributed by atoms with Crippen molar-refractivity contribution < 1.29 is 0 Å². The second-order valence-corrected chi connectivity index (χ2v) is 9.81. The summed E-state index contributed by atoms with van der Waals surface area (Å²) in [7, 11) is 0. The van der Waals surface area contributed by atoms with Gasteiger partial charge in [0.05, 0.1) is 0 Å². The van der Waals surface area contributed by atoms with Gasteiger partial charge in [0.2, 0.25) is 0 Å². The minimum Gasteiger partial charge on any atom is -0.0625 e. The van der Waals surface area contributed by atoms with Crippen molar-refractivity contribution in [3.63, 3.8) is 0 Å². The van der Waals surface area contributed by atoms with E-state index in [1.807, 2.05) is 0 Å². The molecule has 0 amide bonds. The molecule has 174 valence electrons. The zero-order valence-electron chi connectivity index (χ0n) is 20.7. The highest BCUT2D eigenvalue weighted by molar-refractivity contribution is 4.56. The van der Waals surface area contributed by atoms with Crippen molar-refractivity contribution in [2.75, 3.05) is 0 Å². The summed E-state index contributed by atoms with van der Waals surface area (Å²) in [4.78, 5) is 0. The SMILES string of the molecule is [CH2]CCCCCCCCCCCCCCC(C)CCCCCCCCCCC[CH2]. The Morgan fingerprint density at radius 2 is 0.552 bits per heavy atom. The van der Waals surface area contributed by atoms with Crippen LogP contribution in [0.5, 0.6) is 0 Å². The minimum atomic E-state index is 0.959. The van der Waals surface area contributed by atoms with E-state index < -0.39 is 0 Å². The van der Waals surface area contributed by atoms with Gasteiger partial charge in [-0.05, 0) is 5.92 Å². The normalized spacial score (nSPS) is 12.5. The van der Waals surface area contributed by atoms with Gasteiger partial charge in [-0.1, -0.05) is 181 Å². The quantitative estimate of drug-likeness (QED) is 0.132. The van der Waals surface area contributed by atoms with Gasteiger partial charge in [0.1, 0.15) is 0 Å². The third-order valence-electron chi connectivity index (χ3n) is 6.64. The Balaban J connectivity index is 3.12. The second kappa shape index (κ2) is 26.0. The molecule has 0 aliphatic rings. The topological polar surface area (TPSA) is 0 Å². The van der Waals surface area contributed by atoms with Crippen LogP contribution in [0, 0.1) is 19.8 Å². The largest absolute Gasteiger partial charge is 0.0625 e. The zero-order valence-corrected chi connectivity index (χ0v) is 20.7. The molecule has 0 nitrogen and oxygen atoms in total. The first-order valence-electron chi connectivity index (χ1n) is 13.9. The molecule has 0 fully saturated rings. The first-order valence-corrected chi connectivity index (χ1v) is 13.9. The number of hydrogen-bond donors (Lipinski definition) is 0. The van der Waals surface area contributed by atoms with Crippen LogP contribution in [0.15, 0.2) is 0 Å². The van der Waals surface area contributed by atoms with Crippen molar-refractivity contribution in [1.29, 1.82) is 0 Å². The molecule has 29 heavy (non-hydrogen) atoms. The summed E-state index contributed by atoms with van der Waals surface area (Å²) in [6, 6.07) is 0. The Hall–Kier alpha value is 0. The lowest BCUT2D eigenvalue weighted by molar-refractivity contribution is 0.429. The van der Waals surface area contributed by atoms with Gasteiger partial charge in [-0.25, -0.2) is 0 Å². The van der Waals surface area contributed by atoms with Crippen molar-refractivity contribution in [3.8, 4) is 0 Å². The molecule has 0 heterocycles. The van der Waals surface area contributed by atoms with E-state index in [1.165, 1.54) is 148 Å². The maximum atomic E-state index is 3.92. The van der Waals surface area contributed by atoms with Crippen LogP contribution in [-0.2, 0) is 0 Å². The molecule has 0 aliphatic carbocycles. The van der Waals surface area contributed by atoms with Crippen LogP contribution in [0.1, 0.15) is 167 Å². The fraction of sp³-hybridized carbons (Fsp3) is 0.931. The van der Waals surface area contributed by atoms with Gasteiger partial charge < -0.3 is 0 Å². The fourth-order valence-electron chi connectivity index (χ4n) is 4.49. The van der Waals surface area contributed by atoms with E-state index in [0.29, 0.717) is 0 Å². The average molecular weight is 407 g/mol. The van der Waals surface area contributed by atoms with E-state index in [-0.39, 0.29) is 0 Å². The summed E-state index contributed by atoms with van der Waals surface area (Å²) < 4.78 is 0. The smallest absolute Gasteiger partial charge is 0.0443 e. The van der Waals surface area contributed by atoms with Crippen molar-refractivity contribution >= 4 is 0 Å². The first-order chi connectivity index (χ1) is 14.3. The monoisotopic (exact) mass is 406 g/mol. The summed E-state index contributed by atoms with van der Waals surface area (Å²) in [5.74, 6) is 0.959. The van der Waals surface area contributed by atoms with E-state index in [2.05, 4.69) is 20.8 Å². The first kappa shape index (κ1) is 29.0. The molecule has 0 saturated heterocycles. The summed E-state index contributed by atoms with van der Waals surface area (Å²) in [5.41, 5.74) is 0. The van der Waals surface area contributed by atoms with Gasteiger partial charge in [-0.2, -0.15) is 0 Å². The third-order valence-corrected chi connectivity index (χ3v) is 6.64. The van der Waals surface area contributed by atoms with Gasteiger partial charge in [0.15, 0.2) is 0 Å². The zero-order chi connectivity index (χ0) is 21.3. The van der Waals surface area contributed by atoms with Crippen LogP contribution >= 0.6 is 0 Å². The molecule has 0 aromatic rings. The van der Waals surface area contributed by atoms with E-state index in [4.69, 9.17) is 0 Å². The van der Waals surface area contributed by atoms with Crippen LogP contribution in [0.2, 0.25) is 0 Å². The van der Waals surface area contributed by atoms with Crippen molar-refractivity contribution in [3.05, 3.63) is 13.8 Å². The van der Waals surface area contributed by atoms with Gasteiger partial charge in [0, 0.05) is 0 Å². The van der Waals surface area contributed by atoms with Crippen molar-refractivity contribution in [2.24, 2.45) is 5.92 Å². The summed E-state index contributed by atoms with van der Waals surface area (Å²) in [6.45, 7) is 10.3. The van der Waals surface area contributed by atoms with E-state index in [9.17, 15) is 0 Å². The predicted molar refractivity (Wildman–Crippen MR) is 135 cm³/mol. The second-order valence-electron chi connectivity index (χ2n) is 9.81. The molecular weight excluding hydrogens is 348 g/mol. The molecule has 0 saturated carbocycles. The highest BCUT2D eigenvalue weighted by atomic mass is 14.1. The molecule has 0 N–H and O–H groups in total. The van der Waals surface area contributed by atoms with Crippen molar-refractivity contribution in [1.82, 2.24) is 0 Å². The highest BCUT2D eigenvalue weighted by Crippen LogP contribution is 2.19. The van der Waals surface area contributed by atoms with Gasteiger partial charge in [-0.15, -0.1) is 0 Å². The standard InChI is InChI=1S/C29H58/c1-4-6-8-10-12-14-16-17-18-20-22-24-26-28-29(3)27-25-23-21-19-15-13-11-9-7-5-2/h29H,1-2,4-28H2,3H3. The van der Waals surface area contributed by atoms with E-state index in [1.54, 1.807) is 0 Å². The molecule has 0 heteroatoms. The van der Waals surface area contributed by atoms with Crippen molar-refractivity contribution in [2.45, 2.75) is 167 Å². The van der Waals surface area contributed by atoms with Crippen LogP contribution in [-0.4, -0.2) is 0 Å². The Labute approximate surface area is 187 Å². The molecule has 2 radical (unpaired) electrons. The molecule has 0 bridgehead atoms. The highest BCUT2D eigenvalue weighted by Gasteiger charge is 2.02. The predicted octanol–water partition coefficient (Wildman–Crippen LogP) is 11.0. The number of rotatable bonds is 25. The lowest BCUT2D eigenvalue weighted by Crippen LogP contribution is -1.95. The van der Waals surface area contributed by atoms with E-state index >= 15 is 0 Å². The Morgan fingerprint density at radius 3 is 0.793 bits per heavy atom. The lowest BCUT2D eigenvalue weighted by Gasteiger charge is -2.11. The third kappa shape index (κ3) is 26.0. The Kier molecular flexibility index (Phi) is 26.0. The minimum absolute atomic E-state index is 0.959. The van der Waals surface area contributed by atoms with Gasteiger partial charge >= 0.3 is 0 Å². The summed E-state index contributed by atoms with van der Waals surface area (Å²) >= 11 is 0. The van der Waals surface area contributed by atoms with Crippen LogP contribution in [0.25, 0.3) is 0 Å². The average Bonchev–Trinajstić information content (AvgIpc) is 2.72. The molecule has 0 aromatic heterocycles. The Morgan fingerprint density at radius 1 is 0.345 bits per heavy atom. The molecule has 0 aliphatic heterocycles. The van der Waals surface area contributed by atoms with Gasteiger partial charge in [0.25, 0.3) is 0 Å². The lowest BCUT2D eigenvalue weighted by atomic mass is 9.95. The number of unbranched alkanes of at least 4 members (excludes halogenated alkanes) is 21. The number of hydrogen-bond acceptors (Lipinski definition) is 0. The molecule has 1 atom stereocenters. The maximum absolute atomic E-state index is 3.92. The molecule has 0 spiro atoms. The fourth-order valence-corrected chi connectivity index (χ4v) is 4.49. The van der Waals surface area contributed by atoms with Crippen LogP contribution in [0.4, 0.5) is 0 Å². The van der Waals surface area contributed by atoms with E-state index in [0.717, 1.165) is 18.8 Å². The van der Waals surface area contributed by atoms with Crippen LogP contribution in [0.3, 0.4) is 0 Å². The molecule has 0 aromatic carbocycles. The van der Waals surface area contributed by atoms with Gasteiger partial charge in [-0.3, -0.25) is 0 Å². The molecule has 1 unspecified atom stereocenters.